The highest BCUT2D eigenvalue weighted by Crippen LogP contribution is 2.36. The molecule has 7 nitrogen and oxygen atoms in total. The molecule has 1 heterocycles. The summed E-state index contributed by atoms with van der Waals surface area (Å²) in [5, 5.41) is 19.7. The summed E-state index contributed by atoms with van der Waals surface area (Å²) in [5.74, 6) is 0.735. The van der Waals surface area contributed by atoms with Crippen LogP contribution in [0.2, 0.25) is 5.15 Å². The van der Waals surface area contributed by atoms with Crippen molar-refractivity contribution in [1.82, 2.24) is 4.98 Å². The molecule has 2 aromatic carbocycles. The van der Waals surface area contributed by atoms with Gasteiger partial charge in [-0.25, -0.2) is 13.4 Å². The summed E-state index contributed by atoms with van der Waals surface area (Å²) in [6.45, 7) is 3.49. The molecule has 1 aromatic heterocycles. The quantitative estimate of drug-likeness (QED) is 0.449. The van der Waals surface area contributed by atoms with Crippen molar-refractivity contribution in [3.05, 3.63) is 71.4 Å². The lowest BCUT2D eigenvalue weighted by molar-refractivity contribution is 0.221. The number of rotatable bonds is 6. The van der Waals surface area contributed by atoms with Crippen molar-refractivity contribution in [2.75, 3.05) is 11.0 Å². The van der Waals surface area contributed by atoms with Crippen molar-refractivity contribution in [1.29, 1.82) is 5.26 Å². The minimum Gasteiger partial charge on any atom is -0.455 e. The van der Waals surface area contributed by atoms with Gasteiger partial charge in [-0.3, -0.25) is 4.72 Å². The van der Waals surface area contributed by atoms with Crippen LogP contribution in [0, 0.1) is 11.3 Å². The summed E-state index contributed by atoms with van der Waals surface area (Å²) in [5.41, 5.74) is 0.699. The molecule has 0 spiro atoms. The van der Waals surface area contributed by atoms with Gasteiger partial charge in [0.25, 0.3) is 0 Å². The molecule has 3 aromatic rings. The molecule has 148 valence electrons. The highest BCUT2D eigenvalue weighted by atomic mass is 35.5. The van der Waals surface area contributed by atoms with Gasteiger partial charge in [-0.1, -0.05) is 36.4 Å². The number of sulfonamides is 1. The van der Waals surface area contributed by atoms with Gasteiger partial charge in [0.2, 0.25) is 10.0 Å². The number of anilines is 1. The van der Waals surface area contributed by atoms with Crippen LogP contribution in [0.4, 0.5) is 5.69 Å². The van der Waals surface area contributed by atoms with E-state index in [0.717, 1.165) is 6.26 Å². The second-order valence-corrected chi connectivity index (χ2v) is 8.34. The van der Waals surface area contributed by atoms with Gasteiger partial charge in [0.15, 0.2) is 5.75 Å². The molecule has 0 aliphatic rings. The number of nitrogens with zero attached hydrogens (tertiary/aromatic N) is 2. The number of benzene rings is 2. The number of nitriles is 1. The normalized spacial score (nSPS) is 12.2. The van der Waals surface area contributed by atoms with Crippen molar-refractivity contribution in [3.8, 4) is 17.6 Å². The Hall–Kier alpha value is -3.12. The summed E-state index contributed by atoms with van der Waals surface area (Å²) in [6.07, 6.45) is -0.300. The number of para-hydroxylation sites is 1. The smallest absolute Gasteiger partial charge is 0.229 e. The SMILES string of the molecule is C=C(C#N)C(O)c1cc2cc(NS(C)(=O)=O)c(Oc3ccccc3)cc2nc1Cl. The van der Waals surface area contributed by atoms with Crippen LogP contribution in [0.1, 0.15) is 11.7 Å². The van der Waals surface area contributed by atoms with Crippen LogP contribution in [0.3, 0.4) is 0 Å². The molecule has 0 bridgehead atoms. The molecule has 0 saturated carbocycles. The zero-order chi connectivity index (χ0) is 21.2. The van der Waals surface area contributed by atoms with E-state index in [1.54, 1.807) is 30.3 Å². The topological polar surface area (TPSA) is 112 Å². The van der Waals surface area contributed by atoms with Crippen LogP contribution in [-0.4, -0.2) is 24.8 Å². The Labute approximate surface area is 172 Å². The first-order valence-electron chi connectivity index (χ1n) is 8.30. The van der Waals surface area contributed by atoms with Gasteiger partial charge in [-0.15, -0.1) is 0 Å². The zero-order valence-corrected chi connectivity index (χ0v) is 16.8. The Morgan fingerprint density at radius 3 is 2.62 bits per heavy atom. The van der Waals surface area contributed by atoms with E-state index in [0.29, 0.717) is 16.7 Å². The summed E-state index contributed by atoms with van der Waals surface area (Å²) in [7, 11) is -3.60. The number of halogens is 1. The number of hydrogen-bond donors (Lipinski definition) is 2. The van der Waals surface area contributed by atoms with E-state index in [4.69, 9.17) is 21.6 Å². The highest BCUT2D eigenvalue weighted by Gasteiger charge is 2.19. The molecule has 0 aliphatic heterocycles. The Bertz CT molecular complexity index is 1240. The molecule has 0 saturated heterocycles. The van der Waals surface area contributed by atoms with Crippen LogP contribution < -0.4 is 9.46 Å². The number of nitrogens with one attached hydrogen (secondary N) is 1. The van der Waals surface area contributed by atoms with Gasteiger partial charge < -0.3 is 9.84 Å². The van der Waals surface area contributed by atoms with E-state index in [2.05, 4.69) is 16.3 Å². The summed E-state index contributed by atoms with van der Waals surface area (Å²) < 4.78 is 31.8. The maximum Gasteiger partial charge on any atom is 0.229 e. The fraction of sp³-hybridized carbons (Fsp3) is 0.100. The number of pyridine rings is 1. The van der Waals surface area contributed by atoms with Crippen molar-refractivity contribution in [2.24, 2.45) is 0 Å². The predicted octanol–water partition coefficient (Wildman–Crippen LogP) is 4.17. The Morgan fingerprint density at radius 1 is 1.31 bits per heavy atom. The summed E-state index contributed by atoms with van der Waals surface area (Å²) in [4.78, 5) is 4.25. The van der Waals surface area contributed by atoms with E-state index in [1.165, 1.54) is 18.2 Å². The molecule has 29 heavy (non-hydrogen) atoms. The standard InChI is InChI=1S/C20H16ClN3O4S/c1-12(11-22)19(25)15-8-13-9-17(24-29(2,26)27)18(10-16(13)23-20(15)21)28-14-6-4-3-5-7-14/h3-10,19,24-25H,1H2,2H3. The zero-order valence-electron chi connectivity index (χ0n) is 15.3. The lowest BCUT2D eigenvalue weighted by atomic mass is 10.0. The first-order valence-corrected chi connectivity index (χ1v) is 10.6. The molecular formula is C20H16ClN3O4S. The van der Waals surface area contributed by atoms with E-state index < -0.39 is 16.1 Å². The van der Waals surface area contributed by atoms with E-state index in [9.17, 15) is 13.5 Å². The number of fused-ring (bicyclic) bond motifs is 1. The molecule has 3 rings (SSSR count). The molecule has 2 N–H and O–H groups in total. The maximum atomic E-state index is 11.8. The van der Waals surface area contributed by atoms with E-state index in [-0.39, 0.29) is 27.7 Å². The molecule has 9 heteroatoms. The lowest BCUT2D eigenvalue weighted by Crippen LogP contribution is -2.10. The van der Waals surface area contributed by atoms with Crippen LogP contribution >= 0.6 is 11.6 Å². The van der Waals surface area contributed by atoms with Crippen molar-refractivity contribution in [3.63, 3.8) is 0 Å². The average Bonchev–Trinajstić information content (AvgIpc) is 2.67. The minimum atomic E-state index is -3.60. The largest absolute Gasteiger partial charge is 0.455 e. The fourth-order valence-corrected chi connectivity index (χ4v) is 3.42. The Balaban J connectivity index is 2.16. The van der Waals surface area contributed by atoms with Gasteiger partial charge in [-0.05, 0) is 24.3 Å². The molecule has 0 aliphatic carbocycles. The second-order valence-electron chi connectivity index (χ2n) is 6.24. The molecule has 0 radical (unpaired) electrons. The first-order chi connectivity index (χ1) is 13.7. The number of aliphatic hydroxyl groups is 1. The van der Waals surface area contributed by atoms with Crippen molar-refractivity contribution >= 4 is 38.2 Å². The van der Waals surface area contributed by atoms with Crippen LogP contribution in [0.5, 0.6) is 11.5 Å². The third-order valence-corrected chi connectivity index (χ3v) is 4.82. The Kier molecular flexibility index (Phi) is 5.75. The van der Waals surface area contributed by atoms with Crippen molar-refractivity contribution < 1.29 is 18.3 Å². The van der Waals surface area contributed by atoms with E-state index in [1.807, 2.05) is 6.07 Å². The van der Waals surface area contributed by atoms with Gasteiger partial charge in [0.05, 0.1) is 29.1 Å². The van der Waals surface area contributed by atoms with Crippen LogP contribution in [-0.2, 0) is 10.0 Å². The number of aliphatic hydroxyl groups excluding tert-OH is 1. The minimum absolute atomic E-state index is 0.00381. The number of ether oxygens (including phenoxy) is 1. The lowest BCUT2D eigenvalue weighted by Gasteiger charge is -2.15. The molecular weight excluding hydrogens is 414 g/mol. The third-order valence-electron chi connectivity index (χ3n) is 3.93. The fourth-order valence-electron chi connectivity index (χ4n) is 2.62. The summed E-state index contributed by atoms with van der Waals surface area (Å²) >= 11 is 6.18. The summed E-state index contributed by atoms with van der Waals surface area (Å²) in [6, 6.07) is 15.2. The van der Waals surface area contributed by atoms with Crippen LogP contribution in [0.25, 0.3) is 10.9 Å². The number of aromatic nitrogens is 1. The van der Waals surface area contributed by atoms with Gasteiger partial charge in [0, 0.05) is 17.0 Å². The van der Waals surface area contributed by atoms with Gasteiger partial charge in [-0.2, -0.15) is 5.26 Å². The maximum absolute atomic E-state index is 11.8. The first kappa shape index (κ1) is 20.6. The molecule has 0 fully saturated rings. The van der Waals surface area contributed by atoms with E-state index >= 15 is 0 Å². The molecule has 0 amide bonds. The number of hydrogen-bond acceptors (Lipinski definition) is 6. The monoisotopic (exact) mass is 429 g/mol. The van der Waals surface area contributed by atoms with Crippen molar-refractivity contribution in [2.45, 2.75) is 6.10 Å². The van der Waals surface area contributed by atoms with Gasteiger partial charge >= 0.3 is 0 Å². The predicted molar refractivity (Wildman–Crippen MR) is 111 cm³/mol. The van der Waals surface area contributed by atoms with Crippen LogP contribution in [0.15, 0.2) is 60.7 Å². The Morgan fingerprint density at radius 2 is 2.00 bits per heavy atom. The molecule has 1 unspecified atom stereocenters. The molecule has 1 atom stereocenters. The third kappa shape index (κ3) is 4.84. The average molecular weight is 430 g/mol. The highest BCUT2D eigenvalue weighted by molar-refractivity contribution is 7.92. The van der Waals surface area contributed by atoms with Gasteiger partial charge in [0.1, 0.15) is 17.0 Å². The second kappa shape index (κ2) is 8.09.